The lowest BCUT2D eigenvalue weighted by Gasteiger charge is -2.28. The number of ether oxygens (including phenoxy) is 1. The minimum absolute atomic E-state index is 0.0362. The standard InChI is InChI=1S/C18H21FN2O2S2/c1-11-10-24-18(20-11)25-13-8-6-12(7-9-13)21-17(22)14-4-3-5-15(23-2)16(14)19/h3-5,10,12-13H,6-9H2,1-2H3,(H,21,22). The van der Waals surface area contributed by atoms with Crippen molar-refractivity contribution >= 4 is 29.0 Å². The largest absolute Gasteiger partial charge is 0.494 e. The van der Waals surface area contributed by atoms with E-state index in [9.17, 15) is 9.18 Å². The van der Waals surface area contributed by atoms with Crippen LogP contribution in [0.2, 0.25) is 0 Å². The monoisotopic (exact) mass is 380 g/mol. The molecule has 0 atom stereocenters. The first kappa shape index (κ1) is 18.2. The molecule has 4 nitrogen and oxygen atoms in total. The first-order valence-electron chi connectivity index (χ1n) is 8.29. The number of rotatable bonds is 5. The van der Waals surface area contributed by atoms with Crippen molar-refractivity contribution < 1.29 is 13.9 Å². The first-order chi connectivity index (χ1) is 12.1. The molecule has 1 aliphatic rings. The molecule has 0 saturated heterocycles. The number of thioether (sulfide) groups is 1. The SMILES string of the molecule is COc1cccc(C(=O)NC2CCC(Sc3nc(C)cs3)CC2)c1F. The molecule has 1 saturated carbocycles. The minimum Gasteiger partial charge on any atom is -0.494 e. The van der Waals surface area contributed by atoms with E-state index < -0.39 is 5.82 Å². The zero-order valence-corrected chi connectivity index (χ0v) is 15.9. The molecule has 0 spiro atoms. The predicted octanol–water partition coefficient (Wildman–Crippen LogP) is 4.43. The second kappa shape index (κ2) is 8.19. The average molecular weight is 381 g/mol. The Morgan fingerprint density at radius 1 is 1.36 bits per heavy atom. The maximum atomic E-state index is 14.2. The lowest BCUT2D eigenvalue weighted by molar-refractivity contribution is 0.0923. The van der Waals surface area contributed by atoms with E-state index >= 15 is 0 Å². The molecule has 1 aromatic heterocycles. The Hall–Kier alpha value is -1.60. The van der Waals surface area contributed by atoms with Gasteiger partial charge in [-0.2, -0.15) is 0 Å². The average Bonchev–Trinajstić information content (AvgIpc) is 3.01. The Morgan fingerprint density at radius 2 is 2.12 bits per heavy atom. The maximum Gasteiger partial charge on any atom is 0.254 e. The normalized spacial score (nSPS) is 20.3. The number of benzene rings is 1. The van der Waals surface area contributed by atoms with Crippen LogP contribution in [0.5, 0.6) is 5.75 Å². The molecule has 7 heteroatoms. The van der Waals surface area contributed by atoms with Gasteiger partial charge in [0.25, 0.3) is 5.91 Å². The molecular weight excluding hydrogens is 359 g/mol. The van der Waals surface area contributed by atoms with Gasteiger partial charge >= 0.3 is 0 Å². The predicted molar refractivity (Wildman–Crippen MR) is 99.2 cm³/mol. The van der Waals surface area contributed by atoms with Crippen LogP contribution in [0.15, 0.2) is 27.9 Å². The van der Waals surface area contributed by atoms with Gasteiger partial charge in [-0.1, -0.05) is 17.8 Å². The highest BCUT2D eigenvalue weighted by atomic mass is 32.2. The Labute approximate surface area is 155 Å². The highest BCUT2D eigenvalue weighted by molar-refractivity contribution is 8.01. The van der Waals surface area contributed by atoms with Gasteiger partial charge in [-0.3, -0.25) is 4.79 Å². The third-order valence-electron chi connectivity index (χ3n) is 4.30. The fourth-order valence-corrected chi connectivity index (χ4v) is 5.25. The molecular formula is C18H21FN2O2S2. The van der Waals surface area contributed by atoms with Crippen LogP contribution in [0.25, 0.3) is 0 Å². The van der Waals surface area contributed by atoms with Crippen LogP contribution in [-0.2, 0) is 0 Å². The van der Waals surface area contributed by atoms with Gasteiger partial charge < -0.3 is 10.1 Å². The second-order valence-corrected chi connectivity index (χ2v) is 8.55. The van der Waals surface area contributed by atoms with Crippen molar-refractivity contribution in [1.29, 1.82) is 0 Å². The number of carbonyl (C=O) groups excluding carboxylic acids is 1. The molecule has 0 unspecified atom stereocenters. The molecule has 1 amide bonds. The van der Waals surface area contributed by atoms with E-state index in [1.54, 1.807) is 17.4 Å². The number of amides is 1. The summed E-state index contributed by atoms with van der Waals surface area (Å²) >= 11 is 3.51. The van der Waals surface area contributed by atoms with E-state index in [1.165, 1.54) is 19.2 Å². The Kier molecular flexibility index (Phi) is 5.96. The molecule has 134 valence electrons. The molecule has 1 fully saturated rings. The fraction of sp³-hybridized carbons (Fsp3) is 0.444. The van der Waals surface area contributed by atoms with Crippen molar-refractivity contribution in [2.24, 2.45) is 0 Å². The van der Waals surface area contributed by atoms with Crippen molar-refractivity contribution in [2.75, 3.05) is 7.11 Å². The third kappa shape index (κ3) is 4.52. The number of methoxy groups -OCH3 is 1. The number of nitrogens with zero attached hydrogens (tertiary/aromatic N) is 1. The molecule has 1 N–H and O–H groups in total. The summed E-state index contributed by atoms with van der Waals surface area (Å²) in [5.74, 6) is -0.888. The third-order valence-corrected chi connectivity index (χ3v) is 6.73. The summed E-state index contributed by atoms with van der Waals surface area (Å²) in [6.07, 6.45) is 3.85. The van der Waals surface area contributed by atoms with E-state index in [4.69, 9.17) is 4.74 Å². The number of halogens is 1. The summed E-state index contributed by atoms with van der Waals surface area (Å²) in [7, 11) is 1.39. The molecule has 3 rings (SSSR count). The highest BCUT2D eigenvalue weighted by Crippen LogP contribution is 2.35. The van der Waals surface area contributed by atoms with Crippen LogP contribution in [-0.4, -0.2) is 29.3 Å². The van der Waals surface area contributed by atoms with Crippen LogP contribution >= 0.6 is 23.1 Å². The Balaban J connectivity index is 1.52. The van der Waals surface area contributed by atoms with Crippen molar-refractivity contribution in [1.82, 2.24) is 10.3 Å². The number of carbonyl (C=O) groups is 1. The summed E-state index contributed by atoms with van der Waals surface area (Å²) < 4.78 is 20.2. The van der Waals surface area contributed by atoms with E-state index in [1.807, 2.05) is 18.7 Å². The second-order valence-electron chi connectivity index (χ2n) is 6.14. The zero-order chi connectivity index (χ0) is 17.8. The fourth-order valence-electron chi connectivity index (χ4n) is 2.96. The van der Waals surface area contributed by atoms with Gasteiger partial charge in [0, 0.05) is 22.4 Å². The van der Waals surface area contributed by atoms with Crippen LogP contribution in [0.3, 0.4) is 0 Å². The summed E-state index contributed by atoms with van der Waals surface area (Å²) in [6, 6.07) is 4.71. The Morgan fingerprint density at radius 3 is 2.76 bits per heavy atom. The zero-order valence-electron chi connectivity index (χ0n) is 14.3. The smallest absolute Gasteiger partial charge is 0.254 e. The summed E-state index contributed by atoms with van der Waals surface area (Å²) in [6.45, 7) is 2.00. The quantitative estimate of drug-likeness (QED) is 0.834. The number of thiazole rings is 1. The van der Waals surface area contributed by atoms with Gasteiger partial charge in [0.15, 0.2) is 11.6 Å². The highest BCUT2D eigenvalue weighted by Gasteiger charge is 2.25. The number of hydrogen-bond acceptors (Lipinski definition) is 5. The van der Waals surface area contributed by atoms with Gasteiger partial charge in [-0.25, -0.2) is 9.37 Å². The Bertz CT molecular complexity index is 742. The minimum atomic E-state index is -0.606. The lowest BCUT2D eigenvalue weighted by atomic mass is 9.94. The van der Waals surface area contributed by atoms with Crippen LogP contribution < -0.4 is 10.1 Å². The molecule has 25 heavy (non-hydrogen) atoms. The van der Waals surface area contributed by atoms with Gasteiger partial charge in [-0.05, 0) is 44.7 Å². The topological polar surface area (TPSA) is 51.2 Å². The summed E-state index contributed by atoms with van der Waals surface area (Å²) in [5, 5.41) is 5.56. The van der Waals surface area contributed by atoms with Gasteiger partial charge in [0.1, 0.15) is 4.34 Å². The molecule has 1 heterocycles. The van der Waals surface area contributed by atoms with Crippen molar-refractivity contribution in [3.8, 4) is 5.75 Å². The van der Waals surface area contributed by atoms with Crippen molar-refractivity contribution in [3.05, 3.63) is 40.7 Å². The molecule has 0 bridgehead atoms. The van der Waals surface area contributed by atoms with Gasteiger partial charge in [0.2, 0.25) is 0 Å². The van der Waals surface area contributed by atoms with E-state index in [0.717, 1.165) is 35.7 Å². The van der Waals surface area contributed by atoms with Crippen LogP contribution in [0, 0.1) is 12.7 Å². The summed E-state index contributed by atoms with van der Waals surface area (Å²) in [4.78, 5) is 16.9. The van der Waals surface area contributed by atoms with Crippen molar-refractivity contribution in [2.45, 2.75) is 48.2 Å². The molecule has 1 aliphatic carbocycles. The number of hydrogen-bond donors (Lipinski definition) is 1. The van der Waals surface area contributed by atoms with Crippen LogP contribution in [0.4, 0.5) is 4.39 Å². The summed E-state index contributed by atoms with van der Waals surface area (Å²) in [5.41, 5.74) is 1.10. The molecule has 0 aliphatic heterocycles. The molecule has 1 aromatic carbocycles. The number of aryl methyl sites for hydroxylation is 1. The molecule has 2 aromatic rings. The number of aromatic nitrogens is 1. The molecule has 0 radical (unpaired) electrons. The van der Waals surface area contributed by atoms with E-state index in [-0.39, 0.29) is 23.3 Å². The van der Waals surface area contributed by atoms with E-state index in [2.05, 4.69) is 15.7 Å². The van der Waals surface area contributed by atoms with Crippen LogP contribution in [0.1, 0.15) is 41.7 Å². The van der Waals surface area contributed by atoms with E-state index in [0.29, 0.717) is 5.25 Å². The van der Waals surface area contributed by atoms with Gasteiger partial charge in [-0.15, -0.1) is 11.3 Å². The van der Waals surface area contributed by atoms with Gasteiger partial charge in [0.05, 0.1) is 12.7 Å². The maximum absolute atomic E-state index is 14.2. The lowest BCUT2D eigenvalue weighted by Crippen LogP contribution is -2.38. The van der Waals surface area contributed by atoms with Crippen molar-refractivity contribution in [3.63, 3.8) is 0 Å². The first-order valence-corrected chi connectivity index (χ1v) is 10.0. The number of nitrogens with one attached hydrogen (secondary N) is 1.